The summed E-state index contributed by atoms with van der Waals surface area (Å²) in [5.74, 6) is -0.000677. The summed E-state index contributed by atoms with van der Waals surface area (Å²) in [6.45, 7) is 0. The molecule has 2 aromatic rings. The van der Waals surface area contributed by atoms with Crippen LogP contribution in [0.1, 0.15) is 37.7 Å². The number of benzene rings is 1. The number of rotatable bonds is 4. The van der Waals surface area contributed by atoms with Crippen molar-refractivity contribution in [1.82, 2.24) is 4.90 Å². The van der Waals surface area contributed by atoms with Gasteiger partial charge in [0.2, 0.25) is 5.91 Å². The maximum absolute atomic E-state index is 13.0. The number of hydrogen-bond donors (Lipinski definition) is 1. The van der Waals surface area contributed by atoms with Gasteiger partial charge in [0.25, 0.3) is 0 Å². The van der Waals surface area contributed by atoms with Gasteiger partial charge >= 0.3 is 5.97 Å². The van der Waals surface area contributed by atoms with Crippen LogP contribution in [0.5, 0.6) is 5.75 Å². The summed E-state index contributed by atoms with van der Waals surface area (Å²) in [4.78, 5) is 26.4. The second-order valence-electron chi connectivity index (χ2n) is 7.30. The summed E-state index contributed by atoms with van der Waals surface area (Å²) in [5, 5.41) is 10.5. The largest absolute Gasteiger partial charge is 0.497 e. The lowest BCUT2D eigenvalue weighted by molar-refractivity contribution is -0.149. The van der Waals surface area contributed by atoms with E-state index in [0.717, 1.165) is 36.6 Å². The molecule has 1 aromatic heterocycles. The predicted molar refractivity (Wildman–Crippen MR) is 95.1 cm³/mol. The van der Waals surface area contributed by atoms with E-state index in [9.17, 15) is 14.7 Å². The molecule has 6 nitrogen and oxygen atoms in total. The van der Waals surface area contributed by atoms with Crippen LogP contribution >= 0.6 is 0 Å². The van der Waals surface area contributed by atoms with E-state index < -0.39 is 12.0 Å². The molecule has 1 aliphatic carbocycles. The molecule has 138 valence electrons. The lowest BCUT2D eigenvalue weighted by atomic mass is 9.84. The fraction of sp³-hybridized carbons (Fsp3) is 0.500. The number of fused-ring (bicyclic) bond motifs is 2. The molecular weight excluding hydrogens is 334 g/mol. The average molecular weight is 357 g/mol. The number of hydrogen-bond acceptors (Lipinski definition) is 4. The number of carbonyl (C=O) groups excluding carboxylic acids is 1. The molecule has 0 radical (unpaired) electrons. The molecule has 1 N–H and O–H groups in total. The first kappa shape index (κ1) is 16.9. The lowest BCUT2D eigenvalue weighted by Crippen LogP contribution is -2.46. The molecule has 1 aliphatic heterocycles. The highest BCUT2D eigenvalue weighted by molar-refractivity contribution is 5.90. The Kier molecular flexibility index (Phi) is 4.34. The van der Waals surface area contributed by atoms with E-state index in [0.29, 0.717) is 23.7 Å². The van der Waals surface area contributed by atoms with Gasteiger partial charge in [-0.2, -0.15) is 0 Å². The number of amides is 1. The third-order valence-corrected chi connectivity index (χ3v) is 5.87. The molecule has 3 unspecified atom stereocenters. The first-order valence-corrected chi connectivity index (χ1v) is 9.16. The normalized spacial score (nSPS) is 25.3. The van der Waals surface area contributed by atoms with E-state index in [1.54, 1.807) is 24.3 Å². The van der Waals surface area contributed by atoms with E-state index in [4.69, 9.17) is 9.15 Å². The third kappa shape index (κ3) is 2.83. The fourth-order valence-electron chi connectivity index (χ4n) is 4.62. The molecule has 2 aliphatic rings. The van der Waals surface area contributed by atoms with Crippen molar-refractivity contribution >= 4 is 22.8 Å². The van der Waals surface area contributed by atoms with Crippen molar-refractivity contribution < 1.29 is 23.8 Å². The summed E-state index contributed by atoms with van der Waals surface area (Å²) in [6.07, 6.45) is 6.44. The monoisotopic (exact) mass is 357 g/mol. The van der Waals surface area contributed by atoms with E-state index >= 15 is 0 Å². The van der Waals surface area contributed by atoms with Crippen molar-refractivity contribution in [3.63, 3.8) is 0 Å². The van der Waals surface area contributed by atoms with Crippen LogP contribution < -0.4 is 4.74 Å². The first-order chi connectivity index (χ1) is 12.6. The molecule has 1 saturated heterocycles. The Morgan fingerprint density at radius 3 is 2.88 bits per heavy atom. The summed E-state index contributed by atoms with van der Waals surface area (Å²) in [7, 11) is 1.59. The van der Waals surface area contributed by atoms with Crippen LogP contribution in [0.25, 0.3) is 11.0 Å². The molecule has 2 heterocycles. The van der Waals surface area contributed by atoms with E-state index in [1.165, 1.54) is 0 Å². The van der Waals surface area contributed by atoms with Crippen LogP contribution in [0.3, 0.4) is 0 Å². The summed E-state index contributed by atoms with van der Waals surface area (Å²) < 4.78 is 10.8. The molecule has 1 amide bonds. The minimum absolute atomic E-state index is 0.0654. The second-order valence-corrected chi connectivity index (χ2v) is 7.30. The maximum atomic E-state index is 13.0. The lowest BCUT2D eigenvalue weighted by Gasteiger charge is -2.33. The van der Waals surface area contributed by atoms with Crippen LogP contribution in [0.2, 0.25) is 0 Å². The number of carboxylic acids is 1. The molecule has 0 bridgehead atoms. The number of nitrogens with zero attached hydrogens (tertiary/aromatic N) is 1. The number of furan rings is 1. The topological polar surface area (TPSA) is 80.0 Å². The van der Waals surface area contributed by atoms with Crippen molar-refractivity contribution in [2.45, 2.75) is 50.6 Å². The van der Waals surface area contributed by atoms with Gasteiger partial charge in [-0.25, -0.2) is 4.79 Å². The van der Waals surface area contributed by atoms with Gasteiger partial charge in [0, 0.05) is 23.1 Å². The average Bonchev–Trinajstić information content (AvgIpc) is 3.22. The van der Waals surface area contributed by atoms with Gasteiger partial charge in [-0.1, -0.05) is 12.8 Å². The van der Waals surface area contributed by atoms with Crippen LogP contribution in [-0.2, 0) is 16.0 Å². The number of likely N-dealkylation sites (tertiary alicyclic amines) is 1. The molecule has 2 fully saturated rings. The quantitative estimate of drug-likeness (QED) is 0.909. The van der Waals surface area contributed by atoms with Gasteiger partial charge in [-0.15, -0.1) is 0 Å². The van der Waals surface area contributed by atoms with Gasteiger partial charge in [-0.05, 0) is 37.3 Å². The highest BCUT2D eigenvalue weighted by Crippen LogP contribution is 2.40. The Labute approximate surface area is 151 Å². The standard InChI is InChI=1S/C20H23NO5/c1-25-14-6-7-15-13(11-26-18(15)10-14)9-19(22)21-16-5-3-2-4-12(16)8-17(21)20(23)24/h6-7,10-12,16-17H,2-5,8-9H2,1H3,(H,23,24). The van der Waals surface area contributed by atoms with Gasteiger partial charge in [-0.3, -0.25) is 4.79 Å². The number of methoxy groups -OCH3 is 1. The SMILES string of the molecule is COc1ccc2c(CC(=O)N3C(C(=O)O)CC4CCCCC43)coc2c1. The van der Waals surface area contributed by atoms with Gasteiger partial charge in [0.15, 0.2) is 0 Å². The fourth-order valence-corrected chi connectivity index (χ4v) is 4.62. The van der Waals surface area contributed by atoms with Crippen molar-refractivity contribution in [1.29, 1.82) is 0 Å². The van der Waals surface area contributed by atoms with Gasteiger partial charge < -0.3 is 19.2 Å². The van der Waals surface area contributed by atoms with E-state index in [-0.39, 0.29) is 18.4 Å². The van der Waals surface area contributed by atoms with Gasteiger partial charge in [0.1, 0.15) is 17.4 Å². The van der Waals surface area contributed by atoms with Crippen molar-refractivity contribution in [3.8, 4) is 5.75 Å². The van der Waals surface area contributed by atoms with Crippen LogP contribution in [0.15, 0.2) is 28.9 Å². The molecule has 6 heteroatoms. The Bertz CT molecular complexity index is 842. The highest BCUT2D eigenvalue weighted by Gasteiger charge is 2.47. The molecular formula is C20H23NO5. The van der Waals surface area contributed by atoms with Crippen LogP contribution in [0, 0.1) is 5.92 Å². The second kappa shape index (κ2) is 6.67. The minimum atomic E-state index is -0.894. The maximum Gasteiger partial charge on any atom is 0.326 e. The zero-order chi connectivity index (χ0) is 18.3. The minimum Gasteiger partial charge on any atom is -0.497 e. The third-order valence-electron chi connectivity index (χ3n) is 5.87. The molecule has 1 aromatic carbocycles. The molecule has 4 rings (SSSR count). The molecule has 1 saturated carbocycles. The van der Waals surface area contributed by atoms with Crippen LogP contribution in [0.4, 0.5) is 0 Å². The Hall–Kier alpha value is -2.50. The smallest absolute Gasteiger partial charge is 0.326 e. The molecule has 26 heavy (non-hydrogen) atoms. The summed E-state index contributed by atoms with van der Waals surface area (Å²) >= 11 is 0. The zero-order valence-electron chi connectivity index (χ0n) is 14.8. The van der Waals surface area contributed by atoms with E-state index in [1.807, 2.05) is 12.1 Å². The highest BCUT2D eigenvalue weighted by atomic mass is 16.5. The number of carbonyl (C=O) groups is 2. The van der Waals surface area contributed by atoms with Gasteiger partial charge in [0.05, 0.1) is 19.8 Å². The number of carboxylic acid groups (broad SMARTS) is 1. The summed E-state index contributed by atoms with van der Waals surface area (Å²) in [6, 6.07) is 4.86. The zero-order valence-corrected chi connectivity index (χ0v) is 14.8. The Morgan fingerprint density at radius 2 is 2.12 bits per heavy atom. The van der Waals surface area contributed by atoms with Crippen LogP contribution in [-0.4, -0.2) is 41.1 Å². The first-order valence-electron chi connectivity index (χ1n) is 9.16. The predicted octanol–water partition coefficient (Wildman–Crippen LogP) is 3.23. The van der Waals surface area contributed by atoms with Crippen molar-refractivity contribution in [2.24, 2.45) is 5.92 Å². The molecule has 3 atom stereocenters. The van der Waals surface area contributed by atoms with Crippen molar-refractivity contribution in [3.05, 3.63) is 30.0 Å². The Morgan fingerprint density at radius 1 is 1.31 bits per heavy atom. The molecule has 0 spiro atoms. The number of ether oxygens (including phenoxy) is 1. The Balaban J connectivity index is 1.59. The van der Waals surface area contributed by atoms with Crippen molar-refractivity contribution in [2.75, 3.05) is 7.11 Å². The summed E-state index contributed by atoms with van der Waals surface area (Å²) in [5.41, 5.74) is 1.45. The van der Waals surface area contributed by atoms with E-state index in [2.05, 4.69) is 0 Å². The number of aliphatic carboxylic acids is 1.